The highest BCUT2D eigenvalue weighted by molar-refractivity contribution is 5.81. The Balaban J connectivity index is 4.09. The van der Waals surface area contributed by atoms with E-state index >= 15 is 0 Å². The zero-order chi connectivity index (χ0) is 9.78. The summed E-state index contributed by atoms with van der Waals surface area (Å²) in [6.45, 7) is 8.88. The molecule has 0 aliphatic rings. The molecule has 72 valence electrons. The number of hydrogen-bond donors (Lipinski definition) is 2. The van der Waals surface area contributed by atoms with Crippen molar-refractivity contribution in [1.82, 2.24) is 5.43 Å². The first-order valence-electron chi connectivity index (χ1n) is 4.34. The van der Waals surface area contributed by atoms with E-state index in [4.69, 9.17) is 5.84 Å². The third kappa shape index (κ3) is 3.72. The van der Waals surface area contributed by atoms with Gasteiger partial charge in [-0.25, -0.2) is 5.84 Å². The van der Waals surface area contributed by atoms with Crippen molar-refractivity contribution in [3.05, 3.63) is 0 Å². The normalized spacial score (nSPS) is 16.0. The first-order chi connectivity index (χ1) is 5.41. The van der Waals surface area contributed by atoms with Crippen LogP contribution in [0, 0.1) is 11.3 Å². The van der Waals surface area contributed by atoms with Gasteiger partial charge in [0.25, 0.3) is 0 Å². The molecule has 0 saturated heterocycles. The number of hydrazine groups is 1. The van der Waals surface area contributed by atoms with Crippen LogP contribution in [0.25, 0.3) is 0 Å². The quantitative estimate of drug-likeness (QED) is 0.287. The third-order valence-electron chi connectivity index (χ3n) is 2.41. The minimum absolute atomic E-state index is 0.312. The molecule has 0 aromatic carbocycles. The number of nitrogens with zero attached hydrogens (tertiary/aromatic N) is 1. The fraction of sp³-hybridized carbons (Fsp3) is 0.889. The summed E-state index contributed by atoms with van der Waals surface area (Å²) >= 11 is 0. The molecule has 0 heterocycles. The van der Waals surface area contributed by atoms with Gasteiger partial charge >= 0.3 is 0 Å². The van der Waals surface area contributed by atoms with Gasteiger partial charge in [-0.3, -0.25) is 4.99 Å². The molecule has 3 heteroatoms. The second kappa shape index (κ2) is 4.45. The number of aliphatic imine (C=N–C) groups is 1. The average molecular weight is 171 g/mol. The third-order valence-corrected chi connectivity index (χ3v) is 2.41. The molecular weight excluding hydrogens is 150 g/mol. The molecule has 0 amide bonds. The fourth-order valence-corrected chi connectivity index (χ4v) is 0.811. The van der Waals surface area contributed by atoms with Crippen molar-refractivity contribution >= 4 is 5.84 Å². The predicted octanol–water partition coefficient (Wildman–Crippen LogP) is 1.55. The van der Waals surface area contributed by atoms with Gasteiger partial charge in [0.2, 0.25) is 0 Å². The van der Waals surface area contributed by atoms with Gasteiger partial charge in [-0.05, 0) is 11.3 Å². The Morgan fingerprint density at radius 2 is 2.00 bits per heavy atom. The van der Waals surface area contributed by atoms with Crippen molar-refractivity contribution < 1.29 is 0 Å². The van der Waals surface area contributed by atoms with Crippen molar-refractivity contribution in [2.45, 2.75) is 34.1 Å². The predicted molar refractivity (Wildman–Crippen MR) is 53.9 cm³/mol. The minimum atomic E-state index is 0.312. The molecule has 0 radical (unpaired) electrons. The summed E-state index contributed by atoms with van der Waals surface area (Å²) in [6, 6.07) is 0. The fourth-order valence-electron chi connectivity index (χ4n) is 0.811. The Morgan fingerprint density at radius 3 is 2.25 bits per heavy atom. The van der Waals surface area contributed by atoms with Crippen LogP contribution < -0.4 is 11.3 Å². The van der Waals surface area contributed by atoms with Crippen LogP contribution >= 0.6 is 0 Å². The molecule has 0 aliphatic heterocycles. The van der Waals surface area contributed by atoms with Crippen LogP contribution in [0.2, 0.25) is 0 Å². The van der Waals surface area contributed by atoms with Crippen molar-refractivity contribution in [1.29, 1.82) is 0 Å². The van der Waals surface area contributed by atoms with Crippen molar-refractivity contribution in [2.24, 2.45) is 22.2 Å². The lowest BCUT2D eigenvalue weighted by molar-refractivity contribution is 0.268. The molecule has 0 rings (SSSR count). The summed E-state index contributed by atoms with van der Waals surface area (Å²) in [5, 5.41) is 0. The second-order valence-corrected chi connectivity index (χ2v) is 4.29. The largest absolute Gasteiger partial charge is 0.312 e. The molecule has 0 aromatic rings. The van der Waals surface area contributed by atoms with Crippen LogP contribution in [0.1, 0.15) is 34.1 Å². The highest BCUT2D eigenvalue weighted by Gasteiger charge is 2.20. The van der Waals surface area contributed by atoms with Crippen LogP contribution in [0.5, 0.6) is 0 Å². The van der Waals surface area contributed by atoms with Gasteiger partial charge in [0.05, 0.1) is 0 Å². The lowest BCUT2D eigenvalue weighted by Crippen LogP contribution is -2.33. The molecular formula is C9H21N3. The first kappa shape index (κ1) is 11.4. The lowest BCUT2D eigenvalue weighted by atomic mass is 9.80. The number of amidine groups is 1. The van der Waals surface area contributed by atoms with E-state index in [1.165, 1.54) is 0 Å². The molecule has 0 spiro atoms. The summed E-state index contributed by atoms with van der Waals surface area (Å²) in [6.07, 6.45) is 0.913. The Bertz CT molecular complexity index is 156. The van der Waals surface area contributed by atoms with E-state index in [9.17, 15) is 0 Å². The van der Waals surface area contributed by atoms with Crippen LogP contribution in [-0.2, 0) is 0 Å². The standard InChI is InChI=1S/C9H21N3/c1-7(9(2,3)4)6-8(11-5)12-10/h7H,6,10H2,1-5H3,(H,11,12). The van der Waals surface area contributed by atoms with E-state index in [1.807, 2.05) is 0 Å². The molecule has 1 unspecified atom stereocenters. The molecule has 12 heavy (non-hydrogen) atoms. The zero-order valence-electron chi connectivity index (χ0n) is 8.81. The highest BCUT2D eigenvalue weighted by Crippen LogP contribution is 2.27. The topological polar surface area (TPSA) is 50.4 Å². The summed E-state index contributed by atoms with van der Waals surface area (Å²) in [7, 11) is 1.75. The van der Waals surface area contributed by atoms with Gasteiger partial charge < -0.3 is 5.43 Å². The molecule has 0 aromatic heterocycles. The van der Waals surface area contributed by atoms with E-state index in [0.717, 1.165) is 12.3 Å². The Kier molecular flexibility index (Phi) is 4.24. The van der Waals surface area contributed by atoms with E-state index in [2.05, 4.69) is 38.1 Å². The van der Waals surface area contributed by atoms with Gasteiger partial charge in [0.1, 0.15) is 5.84 Å². The number of hydrogen-bond acceptors (Lipinski definition) is 2. The Labute approximate surface area is 75.4 Å². The number of nitrogens with two attached hydrogens (primary N) is 1. The Morgan fingerprint density at radius 1 is 1.50 bits per heavy atom. The molecule has 0 saturated carbocycles. The molecule has 0 bridgehead atoms. The van der Waals surface area contributed by atoms with Gasteiger partial charge in [0, 0.05) is 13.5 Å². The molecule has 0 fully saturated rings. The zero-order valence-corrected chi connectivity index (χ0v) is 8.81. The van der Waals surface area contributed by atoms with Crippen molar-refractivity contribution in [3.8, 4) is 0 Å². The van der Waals surface area contributed by atoms with Crippen LogP contribution in [0.15, 0.2) is 4.99 Å². The maximum absolute atomic E-state index is 5.29. The smallest absolute Gasteiger partial charge is 0.110 e. The molecule has 3 N–H and O–H groups in total. The maximum Gasteiger partial charge on any atom is 0.110 e. The summed E-state index contributed by atoms with van der Waals surface area (Å²) in [5.74, 6) is 6.74. The lowest BCUT2D eigenvalue weighted by Gasteiger charge is -2.27. The van der Waals surface area contributed by atoms with E-state index < -0.39 is 0 Å². The van der Waals surface area contributed by atoms with Crippen molar-refractivity contribution in [3.63, 3.8) is 0 Å². The minimum Gasteiger partial charge on any atom is -0.312 e. The van der Waals surface area contributed by atoms with Gasteiger partial charge in [-0.1, -0.05) is 27.7 Å². The summed E-state index contributed by atoms with van der Waals surface area (Å²) < 4.78 is 0. The number of nitrogens with one attached hydrogen (secondary N) is 1. The van der Waals surface area contributed by atoms with Gasteiger partial charge in [-0.15, -0.1) is 0 Å². The van der Waals surface area contributed by atoms with Crippen LogP contribution in [0.4, 0.5) is 0 Å². The molecule has 1 atom stereocenters. The summed E-state index contributed by atoms with van der Waals surface area (Å²) in [5.41, 5.74) is 2.92. The highest BCUT2D eigenvalue weighted by atomic mass is 15.2. The first-order valence-corrected chi connectivity index (χ1v) is 4.34. The van der Waals surface area contributed by atoms with Crippen molar-refractivity contribution in [2.75, 3.05) is 7.05 Å². The average Bonchev–Trinajstić information content (AvgIpc) is 1.97. The van der Waals surface area contributed by atoms with Crippen LogP contribution in [-0.4, -0.2) is 12.9 Å². The second-order valence-electron chi connectivity index (χ2n) is 4.29. The van der Waals surface area contributed by atoms with E-state index in [1.54, 1.807) is 7.05 Å². The molecule has 0 aliphatic carbocycles. The van der Waals surface area contributed by atoms with E-state index in [0.29, 0.717) is 11.3 Å². The summed E-state index contributed by atoms with van der Waals surface area (Å²) in [4.78, 5) is 4.04. The van der Waals surface area contributed by atoms with Crippen LogP contribution in [0.3, 0.4) is 0 Å². The SMILES string of the molecule is CN=C(CC(C)C(C)(C)C)NN. The number of rotatable bonds is 2. The Hall–Kier alpha value is -0.570. The van der Waals surface area contributed by atoms with Gasteiger partial charge in [-0.2, -0.15) is 0 Å². The maximum atomic E-state index is 5.29. The monoisotopic (exact) mass is 171 g/mol. The van der Waals surface area contributed by atoms with E-state index in [-0.39, 0.29) is 0 Å². The molecule has 3 nitrogen and oxygen atoms in total. The van der Waals surface area contributed by atoms with Gasteiger partial charge in [0.15, 0.2) is 0 Å².